The third kappa shape index (κ3) is 5.98. The summed E-state index contributed by atoms with van der Waals surface area (Å²) < 4.78 is 5.56. The maximum absolute atomic E-state index is 5.56. The number of guanidine groups is 1. The van der Waals surface area contributed by atoms with Crippen LogP contribution in [0.2, 0.25) is 0 Å². The van der Waals surface area contributed by atoms with Gasteiger partial charge in [0, 0.05) is 46.9 Å². The molecule has 0 fully saturated rings. The van der Waals surface area contributed by atoms with Gasteiger partial charge in [0.2, 0.25) is 0 Å². The zero-order valence-electron chi connectivity index (χ0n) is 16.2. The molecule has 3 rings (SSSR count). The molecule has 6 nitrogen and oxygen atoms in total. The number of nitrogens with one attached hydrogen (secondary N) is 2. The lowest BCUT2D eigenvalue weighted by atomic mass is 10.1. The van der Waals surface area contributed by atoms with Crippen molar-refractivity contribution in [2.24, 2.45) is 4.99 Å². The van der Waals surface area contributed by atoms with E-state index in [-0.39, 0.29) is 24.0 Å². The van der Waals surface area contributed by atoms with Gasteiger partial charge in [-0.2, -0.15) is 0 Å². The topological polar surface area (TPSA) is 61.8 Å². The van der Waals surface area contributed by atoms with Crippen molar-refractivity contribution < 1.29 is 4.74 Å². The molecule has 1 aliphatic rings. The monoisotopic (exact) mass is 481 g/mol. The van der Waals surface area contributed by atoms with Crippen LogP contribution in [0.4, 0.5) is 5.82 Å². The van der Waals surface area contributed by atoms with E-state index in [0.717, 1.165) is 43.5 Å². The summed E-state index contributed by atoms with van der Waals surface area (Å²) in [5, 5.41) is 6.73. The lowest BCUT2D eigenvalue weighted by molar-refractivity contribution is 0.357. The van der Waals surface area contributed by atoms with Crippen LogP contribution in [0.15, 0.2) is 41.5 Å². The van der Waals surface area contributed by atoms with E-state index in [1.807, 2.05) is 31.3 Å². The van der Waals surface area contributed by atoms with Crippen LogP contribution in [-0.4, -0.2) is 45.2 Å². The van der Waals surface area contributed by atoms with Crippen molar-refractivity contribution >= 4 is 35.8 Å². The van der Waals surface area contributed by atoms with E-state index in [9.17, 15) is 0 Å². The van der Waals surface area contributed by atoms with Gasteiger partial charge in [-0.05, 0) is 41.3 Å². The SMILES string of the molecule is CN=C(NCCc1ccc2c(c1)CCO2)NCc1ccnc(N(C)C)c1.I. The molecule has 0 bridgehead atoms. The van der Waals surface area contributed by atoms with E-state index < -0.39 is 0 Å². The van der Waals surface area contributed by atoms with E-state index in [1.165, 1.54) is 16.7 Å². The first-order valence-corrected chi connectivity index (χ1v) is 8.97. The molecule has 0 saturated heterocycles. The standard InChI is InChI=1S/C20H27N5O.HI/c1-21-20(24-14-16-7-9-22-19(13-16)25(2)3)23-10-6-15-4-5-18-17(12-15)8-11-26-18;/h4-5,7,9,12-13H,6,8,10-11,14H2,1-3H3,(H2,21,23,24);1H. The molecule has 0 unspecified atom stereocenters. The Bertz CT molecular complexity index is 779. The van der Waals surface area contributed by atoms with E-state index >= 15 is 0 Å². The molecule has 0 saturated carbocycles. The maximum atomic E-state index is 5.56. The second-order valence-electron chi connectivity index (χ2n) is 6.56. The van der Waals surface area contributed by atoms with Crippen molar-refractivity contribution in [3.63, 3.8) is 0 Å². The van der Waals surface area contributed by atoms with Crippen LogP contribution in [0.1, 0.15) is 16.7 Å². The van der Waals surface area contributed by atoms with Crippen molar-refractivity contribution in [2.45, 2.75) is 19.4 Å². The average Bonchev–Trinajstić information content (AvgIpc) is 3.12. The molecule has 146 valence electrons. The van der Waals surface area contributed by atoms with Crippen molar-refractivity contribution in [1.29, 1.82) is 0 Å². The Morgan fingerprint density at radius 1 is 1.19 bits per heavy atom. The quantitative estimate of drug-likeness (QED) is 0.378. The fourth-order valence-electron chi connectivity index (χ4n) is 2.94. The summed E-state index contributed by atoms with van der Waals surface area (Å²) in [6, 6.07) is 10.6. The molecular formula is C20H28IN5O. The maximum Gasteiger partial charge on any atom is 0.191 e. The number of nitrogens with zero attached hydrogens (tertiary/aromatic N) is 3. The second-order valence-corrected chi connectivity index (χ2v) is 6.56. The number of rotatable bonds is 6. The van der Waals surface area contributed by atoms with Gasteiger partial charge in [0.05, 0.1) is 6.61 Å². The highest BCUT2D eigenvalue weighted by Crippen LogP contribution is 2.25. The van der Waals surface area contributed by atoms with Gasteiger partial charge in [0.15, 0.2) is 5.96 Å². The Hall–Kier alpha value is -2.03. The van der Waals surface area contributed by atoms with Gasteiger partial charge in [-0.15, -0.1) is 24.0 Å². The molecule has 0 aliphatic carbocycles. The Morgan fingerprint density at radius 3 is 2.81 bits per heavy atom. The normalized spacial score (nSPS) is 12.6. The molecule has 2 heterocycles. The molecule has 1 aromatic heterocycles. The summed E-state index contributed by atoms with van der Waals surface area (Å²) in [6.07, 6.45) is 3.80. The average molecular weight is 481 g/mol. The molecule has 0 spiro atoms. The number of benzene rings is 1. The number of halogens is 1. The lowest BCUT2D eigenvalue weighted by Crippen LogP contribution is -2.37. The first-order valence-electron chi connectivity index (χ1n) is 8.97. The highest BCUT2D eigenvalue weighted by molar-refractivity contribution is 14.0. The molecule has 0 amide bonds. The first kappa shape index (κ1) is 21.3. The zero-order chi connectivity index (χ0) is 18.4. The van der Waals surface area contributed by atoms with Gasteiger partial charge in [-0.25, -0.2) is 4.98 Å². The highest BCUT2D eigenvalue weighted by atomic mass is 127. The van der Waals surface area contributed by atoms with Crippen LogP contribution in [0.5, 0.6) is 5.75 Å². The third-order valence-corrected chi connectivity index (χ3v) is 4.41. The highest BCUT2D eigenvalue weighted by Gasteiger charge is 2.11. The molecule has 7 heteroatoms. The van der Waals surface area contributed by atoms with E-state index in [1.54, 1.807) is 7.05 Å². The number of aliphatic imine (C=N–C) groups is 1. The number of hydrogen-bond donors (Lipinski definition) is 2. The molecule has 1 aromatic carbocycles. The van der Waals surface area contributed by atoms with Crippen molar-refractivity contribution in [2.75, 3.05) is 39.2 Å². The van der Waals surface area contributed by atoms with Gasteiger partial charge in [-0.3, -0.25) is 4.99 Å². The number of pyridine rings is 1. The fraction of sp³-hybridized carbons (Fsp3) is 0.400. The van der Waals surface area contributed by atoms with Crippen LogP contribution in [0, 0.1) is 0 Å². The Balaban J connectivity index is 0.00000261. The molecule has 1 aliphatic heterocycles. The smallest absolute Gasteiger partial charge is 0.191 e. The van der Waals surface area contributed by atoms with Gasteiger partial charge in [0.25, 0.3) is 0 Å². The van der Waals surface area contributed by atoms with E-state index in [0.29, 0.717) is 6.54 Å². The van der Waals surface area contributed by atoms with Gasteiger partial charge < -0.3 is 20.3 Å². The van der Waals surface area contributed by atoms with Crippen molar-refractivity contribution in [1.82, 2.24) is 15.6 Å². The molecule has 0 radical (unpaired) electrons. The minimum Gasteiger partial charge on any atom is -0.493 e. The number of hydrogen-bond acceptors (Lipinski definition) is 4. The van der Waals surface area contributed by atoms with Crippen LogP contribution in [0.25, 0.3) is 0 Å². The fourth-order valence-corrected chi connectivity index (χ4v) is 2.94. The van der Waals surface area contributed by atoms with Crippen molar-refractivity contribution in [3.05, 3.63) is 53.2 Å². The van der Waals surface area contributed by atoms with Crippen LogP contribution < -0.4 is 20.3 Å². The molecule has 27 heavy (non-hydrogen) atoms. The van der Waals surface area contributed by atoms with Crippen LogP contribution >= 0.6 is 24.0 Å². The predicted octanol–water partition coefficient (Wildman–Crippen LogP) is 2.61. The van der Waals surface area contributed by atoms with Crippen LogP contribution in [-0.2, 0) is 19.4 Å². The van der Waals surface area contributed by atoms with Crippen molar-refractivity contribution in [3.8, 4) is 5.75 Å². The Labute approximate surface area is 178 Å². The minimum absolute atomic E-state index is 0. The molecule has 2 aromatic rings. The van der Waals surface area contributed by atoms with Gasteiger partial charge in [0.1, 0.15) is 11.6 Å². The first-order chi connectivity index (χ1) is 12.7. The second kappa shape index (κ2) is 10.3. The Morgan fingerprint density at radius 2 is 2.04 bits per heavy atom. The minimum atomic E-state index is 0. The third-order valence-electron chi connectivity index (χ3n) is 4.41. The number of aromatic nitrogens is 1. The molecule has 2 N–H and O–H groups in total. The van der Waals surface area contributed by atoms with E-state index in [2.05, 4.69) is 44.9 Å². The van der Waals surface area contributed by atoms with Gasteiger partial charge >= 0.3 is 0 Å². The summed E-state index contributed by atoms with van der Waals surface area (Å²) >= 11 is 0. The summed E-state index contributed by atoms with van der Waals surface area (Å²) in [7, 11) is 5.77. The molecule has 0 atom stereocenters. The van der Waals surface area contributed by atoms with Crippen LogP contribution in [0.3, 0.4) is 0 Å². The predicted molar refractivity (Wildman–Crippen MR) is 122 cm³/mol. The number of ether oxygens (including phenoxy) is 1. The zero-order valence-corrected chi connectivity index (χ0v) is 18.5. The summed E-state index contributed by atoms with van der Waals surface area (Å²) in [5.41, 5.74) is 3.81. The van der Waals surface area contributed by atoms with Gasteiger partial charge in [-0.1, -0.05) is 12.1 Å². The largest absolute Gasteiger partial charge is 0.493 e. The lowest BCUT2D eigenvalue weighted by Gasteiger charge is -2.14. The summed E-state index contributed by atoms with van der Waals surface area (Å²) in [5.74, 6) is 2.79. The number of fused-ring (bicyclic) bond motifs is 1. The number of anilines is 1. The van der Waals surface area contributed by atoms with E-state index in [4.69, 9.17) is 4.74 Å². The molecular weight excluding hydrogens is 453 g/mol. The summed E-state index contributed by atoms with van der Waals surface area (Å²) in [4.78, 5) is 10.6. The summed E-state index contributed by atoms with van der Waals surface area (Å²) in [6.45, 7) is 2.34. The Kier molecular flexibility index (Phi) is 8.15.